The summed E-state index contributed by atoms with van der Waals surface area (Å²) in [6, 6.07) is 0. The van der Waals surface area contributed by atoms with E-state index >= 15 is 0 Å². The maximum absolute atomic E-state index is 10.6. The van der Waals surface area contributed by atoms with Gasteiger partial charge < -0.3 is 10.0 Å². The van der Waals surface area contributed by atoms with Gasteiger partial charge in [0, 0.05) is 25.1 Å². The Kier molecular flexibility index (Phi) is 4.16. The van der Waals surface area contributed by atoms with Gasteiger partial charge in [0.05, 0.1) is 11.5 Å². The van der Waals surface area contributed by atoms with Crippen LogP contribution in [0.2, 0.25) is 0 Å². The smallest absolute Gasteiger partial charge is 0.306 e. The molecule has 1 aliphatic rings. The van der Waals surface area contributed by atoms with Crippen LogP contribution in [0.25, 0.3) is 0 Å². The van der Waals surface area contributed by atoms with Crippen molar-refractivity contribution in [2.75, 3.05) is 26.2 Å². The maximum Gasteiger partial charge on any atom is 0.306 e. The molecule has 1 aromatic rings. The molecule has 0 amide bonds. The van der Waals surface area contributed by atoms with Crippen molar-refractivity contribution >= 4 is 5.69 Å². The van der Waals surface area contributed by atoms with E-state index in [0.717, 1.165) is 32.5 Å². The number of hydrogen-bond donors (Lipinski definition) is 1. The largest absolute Gasteiger partial charge is 0.396 e. The highest BCUT2D eigenvalue weighted by Gasteiger charge is 2.30. The number of piperidine rings is 1. The van der Waals surface area contributed by atoms with E-state index in [1.165, 1.54) is 12.4 Å². The first-order chi connectivity index (χ1) is 9.02. The molecule has 7 heteroatoms. The van der Waals surface area contributed by atoms with Gasteiger partial charge in [-0.3, -0.25) is 14.8 Å². The van der Waals surface area contributed by atoms with Crippen molar-refractivity contribution < 1.29 is 10.0 Å². The third kappa shape index (κ3) is 3.51. The second-order valence-corrected chi connectivity index (χ2v) is 5.57. The highest BCUT2D eigenvalue weighted by atomic mass is 16.6. The number of likely N-dealkylation sites (tertiary alicyclic amines) is 1. The van der Waals surface area contributed by atoms with Crippen molar-refractivity contribution in [3.63, 3.8) is 0 Å². The Balaban J connectivity index is 1.86. The van der Waals surface area contributed by atoms with Crippen LogP contribution in [0.4, 0.5) is 5.69 Å². The minimum Gasteiger partial charge on any atom is -0.396 e. The highest BCUT2D eigenvalue weighted by Crippen LogP contribution is 2.28. The molecule has 7 nitrogen and oxygen atoms in total. The second kappa shape index (κ2) is 5.66. The molecule has 1 saturated heterocycles. The van der Waals surface area contributed by atoms with E-state index in [2.05, 4.69) is 16.9 Å². The molecule has 1 unspecified atom stereocenters. The molecule has 0 radical (unpaired) electrons. The lowest BCUT2D eigenvalue weighted by Crippen LogP contribution is -2.44. The topological polar surface area (TPSA) is 84.4 Å². The minimum atomic E-state index is -0.437. The molecule has 1 aliphatic heterocycles. The lowest BCUT2D eigenvalue weighted by atomic mass is 9.83. The first-order valence-electron chi connectivity index (χ1n) is 6.52. The monoisotopic (exact) mass is 268 g/mol. The van der Waals surface area contributed by atoms with E-state index in [-0.39, 0.29) is 17.7 Å². The van der Waals surface area contributed by atoms with Gasteiger partial charge >= 0.3 is 5.69 Å². The Morgan fingerprint density at radius 2 is 2.37 bits per heavy atom. The average Bonchev–Trinajstić information content (AvgIpc) is 2.86. The van der Waals surface area contributed by atoms with Gasteiger partial charge in [0.25, 0.3) is 0 Å². The van der Waals surface area contributed by atoms with Crippen LogP contribution in [-0.4, -0.2) is 51.0 Å². The number of hydrogen-bond acceptors (Lipinski definition) is 5. The van der Waals surface area contributed by atoms with Crippen molar-refractivity contribution in [2.24, 2.45) is 5.41 Å². The summed E-state index contributed by atoms with van der Waals surface area (Å²) in [4.78, 5) is 12.4. The first kappa shape index (κ1) is 14.0. The van der Waals surface area contributed by atoms with Crippen molar-refractivity contribution in [1.29, 1.82) is 0 Å². The minimum absolute atomic E-state index is 0.0195. The van der Waals surface area contributed by atoms with Crippen LogP contribution in [-0.2, 0) is 6.54 Å². The second-order valence-electron chi connectivity index (χ2n) is 5.57. The molecular formula is C12H20N4O3. The molecule has 2 rings (SSSR count). The van der Waals surface area contributed by atoms with Crippen LogP contribution in [0.5, 0.6) is 0 Å². The summed E-state index contributed by atoms with van der Waals surface area (Å²) in [5, 5.41) is 23.9. The molecule has 1 N–H and O–H groups in total. The third-order valence-corrected chi connectivity index (χ3v) is 3.72. The standard InChI is InChI=1S/C12H20N4O3/c1-12(10-17)3-2-4-14(9-12)5-6-15-8-11(7-13-15)16(18)19/h7-8,17H,2-6,9-10H2,1H3. The fourth-order valence-corrected chi connectivity index (χ4v) is 2.56. The van der Waals surface area contributed by atoms with Crippen LogP contribution < -0.4 is 0 Å². The molecule has 19 heavy (non-hydrogen) atoms. The lowest BCUT2D eigenvalue weighted by Gasteiger charge is -2.39. The lowest BCUT2D eigenvalue weighted by molar-refractivity contribution is -0.385. The van der Waals surface area contributed by atoms with Gasteiger partial charge in [0.15, 0.2) is 0 Å². The zero-order valence-corrected chi connectivity index (χ0v) is 11.2. The van der Waals surface area contributed by atoms with Gasteiger partial charge in [-0.1, -0.05) is 6.92 Å². The average molecular weight is 268 g/mol. The summed E-state index contributed by atoms with van der Waals surface area (Å²) >= 11 is 0. The molecule has 0 aromatic carbocycles. The quantitative estimate of drug-likeness (QED) is 0.633. The van der Waals surface area contributed by atoms with Crippen LogP contribution in [0.1, 0.15) is 19.8 Å². The molecule has 0 saturated carbocycles. The van der Waals surface area contributed by atoms with Crippen molar-refractivity contribution in [3.05, 3.63) is 22.5 Å². The summed E-state index contributed by atoms with van der Waals surface area (Å²) < 4.78 is 1.60. The molecule has 0 aliphatic carbocycles. The van der Waals surface area contributed by atoms with E-state index in [0.29, 0.717) is 6.54 Å². The Hall–Kier alpha value is -1.47. The highest BCUT2D eigenvalue weighted by molar-refractivity contribution is 5.20. The molecule has 0 bridgehead atoms. The molecule has 106 valence electrons. The number of aromatic nitrogens is 2. The number of aliphatic hydroxyl groups is 1. The summed E-state index contributed by atoms with van der Waals surface area (Å²) in [6.07, 6.45) is 4.85. The van der Waals surface area contributed by atoms with Crippen LogP contribution in [0.15, 0.2) is 12.4 Å². The van der Waals surface area contributed by atoms with E-state index in [9.17, 15) is 15.2 Å². The Bertz CT molecular complexity index is 448. The van der Waals surface area contributed by atoms with E-state index in [4.69, 9.17) is 0 Å². The first-order valence-corrected chi connectivity index (χ1v) is 6.52. The molecule has 0 spiro atoms. The molecule has 2 heterocycles. The van der Waals surface area contributed by atoms with Crippen LogP contribution >= 0.6 is 0 Å². The summed E-state index contributed by atoms with van der Waals surface area (Å²) in [6.45, 7) is 5.62. The van der Waals surface area contributed by atoms with Crippen LogP contribution in [0, 0.1) is 15.5 Å². The molecule has 1 aromatic heterocycles. The maximum atomic E-state index is 10.6. The normalized spacial score (nSPS) is 24.5. The van der Waals surface area contributed by atoms with E-state index in [1.54, 1.807) is 4.68 Å². The van der Waals surface area contributed by atoms with Gasteiger partial charge in [-0.15, -0.1) is 0 Å². The van der Waals surface area contributed by atoms with Crippen molar-refractivity contribution in [2.45, 2.75) is 26.3 Å². The summed E-state index contributed by atoms with van der Waals surface area (Å²) in [5.74, 6) is 0. The number of nitrogens with zero attached hydrogens (tertiary/aromatic N) is 4. The van der Waals surface area contributed by atoms with Gasteiger partial charge in [-0.2, -0.15) is 5.10 Å². The van der Waals surface area contributed by atoms with Gasteiger partial charge in [0.2, 0.25) is 0 Å². The number of rotatable bonds is 5. The summed E-state index contributed by atoms with van der Waals surface area (Å²) in [5.41, 5.74) is 0.00722. The van der Waals surface area contributed by atoms with Gasteiger partial charge in [-0.05, 0) is 19.4 Å². The Morgan fingerprint density at radius 3 is 3.00 bits per heavy atom. The Labute approximate surface area is 112 Å². The van der Waals surface area contributed by atoms with E-state index in [1.807, 2.05) is 0 Å². The number of nitro groups is 1. The predicted octanol–water partition coefficient (Wildman–Crippen LogP) is 0.886. The van der Waals surface area contributed by atoms with Gasteiger partial charge in [0.1, 0.15) is 12.4 Å². The SMILES string of the molecule is CC1(CO)CCCN(CCn2cc([N+](=O)[O-])cn2)C1. The van der Waals surface area contributed by atoms with Crippen molar-refractivity contribution in [3.8, 4) is 0 Å². The summed E-state index contributed by atoms with van der Waals surface area (Å²) in [7, 11) is 0. The van der Waals surface area contributed by atoms with Gasteiger partial charge in [-0.25, -0.2) is 0 Å². The third-order valence-electron chi connectivity index (χ3n) is 3.72. The van der Waals surface area contributed by atoms with Crippen LogP contribution in [0.3, 0.4) is 0 Å². The molecule has 1 atom stereocenters. The predicted molar refractivity (Wildman–Crippen MR) is 69.7 cm³/mol. The zero-order valence-electron chi connectivity index (χ0n) is 11.2. The molecular weight excluding hydrogens is 248 g/mol. The fraction of sp³-hybridized carbons (Fsp3) is 0.750. The zero-order chi connectivity index (χ0) is 13.9. The Morgan fingerprint density at radius 1 is 1.58 bits per heavy atom. The number of aliphatic hydroxyl groups excluding tert-OH is 1. The van der Waals surface area contributed by atoms with Crippen molar-refractivity contribution in [1.82, 2.24) is 14.7 Å². The fourth-order valence-electron chi connectivity index (χ4n) is 2.56. The molecule has 1 fully saturated rings. The van der Waals surface area contributed by atoms with E-state index < -0.39 is 4.92 Å².